The highest BCUT2D eigenvalue weighted by molar-refractivity contribution is 8.00. The molecule has 7 heteroatoms. The van der Waals surface area contributed by atoms with Crippen LogP contribution in [0, 0.1) is 5.82 Å². The van der Waals surface area contributed by atoms with E-state index >= 15 is 0 Å². The first-order chi connectivity index (χ1) is 11.1. The largest absolute Gasteiger partial charge is 0.467 e. The number of hydrogen-bond acceptors (Lipinski definition) is 4. The van der Waals surface area contributed by atoms with E-state index in [4.69, 9.17) is 4.42 Å². The van der Waals surface area contributed by atoms with Crippen LogP contribution in [0.5, 0.6) is 0 Å². The molecule has 1 N–H and O–H groups in total. The van der Waals surface area contributed by atoms with Crippen LogP contribution < -0.4 is 5.32 Å². The quantitative estimate of drug-likeness (QED) is 0.788. The first kappa shape index (κ1) is 17.1. The van der Waals surface area contributed by atoms with E-state index in [2.05, 4.69) is 5.32 Å². The highest BCUT2D eigenvalue weighted by Crippen LogP contribution is 2.21. The molecule has 0 radical (unpaired) electrons. The van der Waals surface area contributed by atoms with Gasteiger partial charge >= 0.3 is 0 Å². The molecule has 1 heterocycles. The second kappa shape index (κ2) is 8.38. The van der Waals surface area contributed by atoms with Crippen LogP contribution in [0.3, 0.4) is 0 Å². The van der Waals surface area contributed by atoms with Crippen molar-refractivity contribution in [2.45, 2.75) is 11.4 Å². The van der Waals surface area contributed by atoms with E-state index in [9.17, 15) is 14.0 Å². The van der Waals surface area contributed by atoms with Crippen LogP contribution in [0.25, 0.3) is 0 Å². The average molecular weight is 336 g/mol. The molecule has 0 aliphatic rings. The Kier molecular flexibility index (Phi) is 6.22. The Morgan fingerprint density at radius 3 is 2.74 bits per heavy atom. The summed E-state index contributed by atoms with van der Waals surface area (Å²) in [5.74, 6) is -0.172. The van der Waals surface area contributed by atoms with Gasteiger partial charge in [-0.3, -0.25) is 9.59 Å². The van der Waals surface area contributed by atoms with Crippen molar-refractivity contribution >= 4 is 23.6 Å². The minimum absolute atomic E-state index is 0.0582. The van der Waals surface area contributed by atoms with Crippen molar-refractivity contribution in [1.82, 2.24) is 10.2 Å². The van der Waals surface area contributed by atoms with Crippen LogP contribution in [0.1, 0.15) is 5.76 Å². The lowest BCUT2D eigenvalue weighted by atomic mass is 10.3. The van der Waals surface area contributed by atoms with E-state index in [1.165, 1.54) is 24.3 Å². The van der Waals surface area contributed by atoms with Crippen LogP contribution in [-0.4, -0.2) is 36.1 Å². The highest BCUT2D eigenvalue weighted by Gasteiger charge is 2.14. The lowest BCUT2D eigenvalue weighted by Gasteiger charge is -2.16. The Morgan fingerprint density at radius 2 is 2.04 bits per heavy atom. The third-order valence-corrected chi connectivity index (χ3v) is 4.07. The second-order valence-corrected chi connectivity index (χ2v) is 5.84. The highest BCUT2D eigenvalue weighted by atomic mass is 32.2. The van der Waals surface area contributed by atoms with Gasteiger partial charge in [0.1, 0.15) is 11.6 Å². The molecule has 2 rings (SSSR count). The number of nitrogens with one attached hydrogen (secondary N) is 1. The van der Waals surface area contributed by atoms with Crippen molar-refractivity contribution in [3.63, 3.8) is 0 Å². The number of nitrogens with zero attached hydrogens (tertiary/aromatic N) is 1. The van der Waals surface area contributed by atoms with Gasteiger partial charge in [0.15, 0.2) is 0 Å². The van der Waals surface area contributed by atoms with Crippen molar-refractivity contribution < 1.29 is 18.4 Å². The molecule has 0 fully saturated rings. The monoisotopic (exact) mass is 336 g/mol. The fourth-order valence-corrected chi connectivity index (χ4v) is 2.65. The minimum atomic E-state index is -0.357. The fraction of sp³-hybridized carbons (Fsp3) is 0.250. The van der Waals surface area contributed by atoms with E-state index < -0.39 is 0 Å². The Labute approximate surface area is 137 Å². The van der Waals surface area contributed by atoms with Gasteiger partial charge in [0.2, 0.25) is 11.8 Å². The molecule has 2 amide bonds. The van der Waals surface area contributed by atoms with Gasteiger partial charge in [-0.15, -0.1) is 11.8 Å². The topological polar surface area (TPSA) is 62.6 Å². The van der Waals surface area contributed by atoms with E-state index in [1.807, 2.05) is 0 Å². The van der Waals surface area contributed by atoms with Crippen molar-refractivity contribution in [1.29, 1.82) is 0 Å². The van der Waals surface area contributed by atoms with Gasteiger partial charge in [-0.2, -0.15) is 0 Å². The van der Waals surface area contributed by atoms with Gasteiger partial charge in [0.25, 0.3) is 0 Å². The molecule has 23 heavy (non-hydrogen) atoms. The molecule has 0 saturated carbocycles. The minimum Gasteiger partial charge on any atom is -0.467 e. The number of halogens is 1. The molecular formula is C16H17FN2O3S. The molecule has 1 aromatic carbocycles. The van der Waals surface area contributed by atoms with Gasteiger partial charge in [0, 0.05) is 11.9 Å². The molecule has 0 aliphatic heterocycles. The van der Waals surface area contributed by atoms with Crippen molar-refractivity contribution in [2.75, 3.05) is 19.3 Å². The third-order valence-electron chi connectivity index (χ3n) is 3.03. The van der Waals surface area contributed by atoms with E-state index in [-0.39, 0.29) is 36.5 Å². The Morgan fingerprint density at radius 1 is 1.26 bits per heavy atom. The fourth-order valence-electron chi connectivity index (χ4n) is 1.77. The average Bonchev–Trinajstić information content (AvgIpc) is 3.05. The van der Waals surface area contributed by atoms with Crippen molar-refractivity contribution in [3.8, 4) is 0 Å². The molecule has 0 unspecified atom stereocenters. The lowest BCUT2D eigenvalue weighted by molar-refractivity contribution is -0.132. The summed E-state index contributed by atoms with van der Waals surface area (Å²) in [6.45, 7) is 0.217. The zero-order chi connectivity index (χ0) is 16.7. The Hall–Kier alpha value is -2.28. The molecule has 0 aliphatic carbocycles. The van der Waals surface area contributed by atoms with E-state index in [0.717, 1.165) is 11.8 Å². The Balaban J connectivity index is 1.73. The molecule has 2 aromatic rings. The molecule has 122 valence electrons. The number of carbonyl (C=O) groups excluding carboxylic acids is 2. The summed E-state index contributed by atoms with van der Waals surface area (Å²) in [5, 5.41) is 2.66. The number of thioether (sulfide) groups is 1. The van der Waals surface area contributed by atoms with Crippen LogP contribution >= 0.6 is 11.8 Å². The molecule has 5 nitrogen and oxygen atoms in total. The first-order valence-electron chi connectivity index (χ1n) is 6.96. The predicted octanol–water partition coefficient (Wildman–Crippen LogP) is 2.29. The summed E-state index contributed by atoms with van der Waals surface area (Å²) in [5.41, 5.74) is 0. The number of benzene rings is 1. The van der Waals surface area contributed by atoms with Gasteiger partial charge in [-0.05, 0) is 24.3 Å². The maximum atomic E-state index is 13.5. The molecule has 0 bridgehead atoms. The van der Waals surface area contributed by atoms with Crippen LogP contribution in [0.4, 0.5) is 4.39 Å². The smallest absolute Gasteiger partial charge is 0.239 e. The van der Waals surface area contributed by atoms with E-state index in [0.29, 0.717) is 10.7 Å². The van der Waals surface area contributed by atoms with Crippen LogP contribution in [0.2, 0.25) is 0 Å². The molecule has 1 aromatic heterocycles. The molecule has 0 spiro atoms. The number of hydrogen-bond donors (Lipinski definition) is 1. The Bertz CT molecular complexity index is 661. The van der Waals surface area contributed by atoms with Gasteiger partial charge < -0.3 is 14.6 Å². The number of likely N-dealkylation sites (N-methyl/N-ethyl adjacent to an activating group) is 1. The number of carbonyl (C=O) groups is 2. The summed E-state index contributed by atoms with van der Waals surface area (Å²) in [6, 6.07) is 9.75. The number of rotatable bonds is 7. The van der Waals surface area contributed by atoms with E-state index in [1.54, 1.807) is 30.3 Å². The zero-order valence-electron chi connectivity index (χ0n) is 12.6. The molecular weight excluding hydrogens is 319 g/mol. The normalized spacial score (nSPS) is 10.3. The summed E-state index contributed by atoms with van der Waals surface area (Å²) < 4.78 is 18.6. The van der Waals surface area contributed by atoms with Gasteiger partial charge in [0.05, 0.1) is 25.1 Å². The number of amides is 2. The summed E-state index contributed by atoms with van der Waals surface area (Å²) in [4.78, 5) is 25.5. The van der Waals surface area contributed by atoms with Gasteiger partial charge in [-0.25, -0.2) is 4.39 Å². The predicted molar refractivity (Wildman–Crippen MR) is 85.3 cm³/mol. The maximum Gasteiger partial charge on any atom is 0.239 e. The zero-order valence-corrected chi connectivity index (χ0v) is 13.4. The van der Waals surface area contributed by atoms with Gasteiger partial charge in [-0.1, -0.05) is 12.1 Å². The third kappa shape index (κ3) is 5.45. The molecule has 0 atom stereocenters. The van der Waals surface area contributed by atoms with Crippen LogP contribution in [-0.2, 0) is 16.1 Å². The first-order valence-corrected chi connectivity index (χ1v) is 7.95. The standard InChI is InChI=1S/C16H17FN2O3S/c1-19(10-15(20)18-9-12-5-4-8-22-12)16(21)11-23-14-7-3-2-6-13(14)17/h2-8H,9-11H2,1H3,(H,18,20). The summed E-state index contributed by atoms with van der Waals surface area (Å²) in [6.07, 6.45) is 1.52. The van der Waals surface area contributed by atoms with Crippen molar-refractivity contribution in [2.24, 2.45) is 0 Å². The number of furan rings is 1. The summed E-state index contributed by atoms with van der Waals surface area (Å²) in [7, 11) is 1.54. The second-order valence-electron chi connectivity index (χ2n) is 4.82. The maximum absolute atomic E-state index is 13.5. The summed E-state index contributed by atoms with van der Waals surface area (Å²) >= 11 is 1.11. The molecule has 0 saturated heterocycles. The lowest BCUT2D eigenvalue weighted by Crippen LogP contribution is -2.38. The van der Waals surface area contributed by atoms with Crippen molar-refractivity contribution in [3.05, 3.63) is 54.2 Å². The SMILES string of the molecule is CN(CC(=O)NCc1ccco1)C(=O)CSc1ccccc1F. The van der Waals surface area contributed by atoms with Crippen LogP contribution in [0.15, 0.2) is 52.0 Å².